The lowest BCUT2D eigenvalue weighted by Crippen LogP contribution is -1.92. The van der Waals surface area contributed by atoms with Crippen molar-refractivity contribution in [2.45, 2.75) is 0 Å². The van der Waals surface area contributed by atoms with Crippen LogP contribution >= 0.6 is 0 Å². The Bertz CT molecular complexity index is 1070. The maximum atomic E-state index is 12.0. The number of H-pyrrole nitrogens is 2. The molecule has 0 unspecified atom stereocenters. The van der Waals surface area contributed by atoms with Crippen molar-refractivity contribution in [3.05, 3.63) is 81.5 Å². The first kappa shape index (κ1) is 15.6. The largest absolute Gasteiger partial charge is 0.385 e. The Kier molecular flexibility index (Phi) is 3.91. The SMILES string of the molecule is O=c1o[nH]c(-c2ccccc2)c1N=Nc1c(-c2ccccc2)[nH]oc1=O. The molecule has 0 amide bonds. The maximum Gasteiger partial charge on any atom is 0.385 e. The molecular formula is C18H12N4O4. The van der Waals surface area contributed by atoms with Crippen molar-refractivity contribution in [1.29, 1.82) is 0 Å². The first-order valence-electron chi connectivity index (χ1n) is 7.69. The van der Waals surface area contributed by atoms with Crippen LogP contribution in [0.4, 0.5) is 11.4 Å². The lowest BCUT2D eigenvalue weighted by atomic mass is 10.1. The van der Waals surface area contributed by atoms with Crippen LogP contribution in [0.25, 0.3) is 22.5 Å². The Morgan fingerprint density at radius 2 is 1.00 bits per heavy atom. The van der Waals surface area contributed by atoms with Gasteiger partial charge in [0.15, 0.2) is 11.4 Å². The van der Waals surface area contributed by atoms with Crippen molar-refractivity contribution in [3.8, 4) is 22.5 Å². The van der Waals surface area contributed by atoms with Crippen LogP contribution in [0, 0.1) is 0 Å². The molecule has 0 aliphatic heterocycles. The number of benzene rings is 2. The third kappa shape index (κ3) is 2.80. The van der Waals surface area contributed by atoms with E-state index in [0.717, 1.165) is 0 Å². The van der Waals surface area contributed by atoms with Crippen molar-refractivity contribution in [1.82, 2.24) is 10.3 Å². The van der Waals surface area contributed by atoms with Gasteiger partial charge in [0.05, 0.1) is 0 Å². The van der Waals surface area contributed by atoms with Crippen molar-refractivity contribution >= 4 is 11.4 Å². The molecule has 0 saturated heterocycles. The zero-order valence-corrected chi connectivity index (χ0v) is 13.3. The van der Waals surface area contributed by atoms with E-state index in [-0.39, 0.29) is 11.4 Å². The first-order chi connectivity index (χ1) is 12.7. The third-order valence-electron chi connectivity index (χ3n) is 3.73. The molecule has 0 saturated carbocycles. The maximum absolute atomic E-state index is 12.0. The fraction of sp³-hybridized carbons (Fsp3) is 0. The quantitative estimate of drug-likeness (QED) is 0.542. The predicted octanol–water partition coefficient (Wildman–Crippen LogP) is 4.00. The second kappa shape index (κ2) is 6.52. The van der Waals surface area contributed by atoms with Gasteiger partial charge in [-0.25, -0.2) is 19.9 Å². The van der Waals surface area contributed by atoms with Crippen LogP contribution in [0.5, 0.6) is 0 Å². The monoisotopic (exact) mass is 348 g/mol. The fourth-order valence-electron chi connectivity index (χ4n) is 2.47. The predicted molar refractivity (Wildman–Crippen MR) is 93.7 cm³/mol. The zero-order chi connectivity index (χ0) is 17.9. The minimum absolute atomic E-state index is 0.0317. The van der Waals surface area contributed by atoms with Crippen molar-refractivity contribution < 1.29 is 9.05 Å². The summed E-state index contributed by atoms with van der Waals surface area (Å²) in [5.74, 6) is 0. The summed E-state index contributed by atoms with van der Waals surface area (Å²) in [4.78, 5) is 23.9. The molecule has 128 valence electrons. The molecule has 0 atom stereocenters. The van der Waals surface area contributed by atoms with Gasteiger partial charge < -0.3 is 9.05 Å². The molecule has 0 fully saturated rings. The van der Waals surface area contributed by atoms with Gasteiger partial charge in [0.1, 0.15) is 11.4 Å². The summed E-state index contributed by atoms with van der Waals surface area (Å²) in [6, 6.07) is 18.1. The van der Waals surface area contributed by atoms with Gasteiger partial charge in [0.25, 0.3) is 0 Å². The smallest absolute Gasteiger partial charge is 0.336 e. The Balaban J connectivity index is 1.78. The van der Waals surface area contributed by atoms with Gasteiger partial charge in [-0.05, 0) is 0 Å². The van der Waals surface area contributed by atoms with Gasteiger partial charge in [-0.15, -0.1) is 10.2 Å². The normalized spacial score (nSPS) is 11.2. The molecule has 0 spiro atoms. The summed E-state index contributed by atoms with van der Waals surface area (Å²) in [5, 5.41) is 12.9. The van der Waals surface area contributed by atoms with E-state index in [9.17, 15) is 9.59 Å². The molecule has 8 heteroatoms. The van der Waals surface area contributed by atoms with Crippen LogP contribution in [0.15, 0.2) is 89.5 Å². The minimum atomic E-state index is -0.686. The summed E-state index contributed by atoms with van der Waals surface area (Å²) >= 11 is 0. The second-order valence-corrected chi connectivity index (χ2v) is 5.36. The van der Waals surface area contributed by atoms with Gasteiger partial charge in [0.2, 0.25) is 0 Å². The number of nitrogens with one attached hydrogen (secondary N) is 2. The van der Waals surface area contributed by atoms with Gasteiger partial charge in [-0.1, -0.05) is 60.7 Å². The van der Waals surface area contributed by atoms with Crippen LogP contribution in [-0.2, 0) is 0 Å². The zero-order valence-electron chi connectivity index (χ0n) is 13.3. The summed E-state index contributed by atoms with van der Waals surface area (Å²) in [6.07, 6.45) is 0. The van der Waals surface area contributed by atoms with Gasteiger partial charge in [-0.2, -0.15) is 0 Å². The number of hydrogen-bond acceptors (Lipinski definition) is 6. The van der Waals surface area contributed by atoms with E-state index in [4.69, 9.17) is 9.05 Å². The number of hydrogen-bond donors (Lipinski definition) is 2. The van der Waals surface area contributed by atoms with Gasteiger partial charge >= 0.3 is 11.3 Å². The van der Waals surface area contributed by atoms with E-state index in [1.165, 1.54) is 0 Å². The molecule has 26 heavy (non-hydrogen) atoms. The van der Waals surface area contributed by atoms with E-state index in [1.54, 1.807) is 24.3 Å². The van der Waals surface area contributed by atoms with Gasteiger partial charge in [0, 0.05) is 11.1 Å². The van der Waals surface area contributed by atoms with Crippen LogP contribution in [0.3, 0.4) is 0 Å². The summed E-state index contributed by atoms with van der Waals surface area (Å²) in [5.41, 5.74) is 0.726. The summed E-state index contributed by atoms with van der Waals surface area (Å²) < 4.78 is 9.64. The van der Waals surface area contributed by atoms with Crippen molar-refractivity contribution in [3.63, 3.8) is 0 Å². The van der Waals surface area contributed by atoms with E-state index in [1.807, 2.05) is 36.4 Å². The van der Waals surface area contributed by atoms with E-state index in [2.05, 4.69) is 20.5 Å². The highest BCUT2D eigenvalue weighted by molar-refractivity contribution is 5.72. The number of aromatic amines is 2. The highest BCUT2D eigenvalue weighted by Gasteiger charge is 2.17. The molecule has 4 aromatic rings. The highest BCUT2D eigenvalue weighted by atomic mass is 16.5. The molecular weight excluding hydrogens is 336 g/mol. The highest BCUT2D eigenvalue weighted by Crippen LogP contribution is 2.29. The third-order valence-corrected chi connectivity index (χ3v) is 3.73. The molecule has 4 rings (SSSR count). The van der Waals surface area contributed by atoms with E-state index >= 15 is 0 Å². The van der Waals surface area contributed by atoms with Crippen LogP contribution in [0.2, 0.25) is 0 Å². The standard InChI is InChI=1S/C18H12N4O4/c23-17-15(13(21-25-17)11-7-3-1-4-8-11)19-20-16-14(22-26-18(16)24)12-9-5-2-6-10-12/h1-10,21-22H. The molecule has 0 radical (unpaired) electrons. The van der Waals surface area contributed by atoms with Crippen molar-refractivity contribution in [2.24, 2.45) is 10.2 Å². The molecule has 0 aliphatic rings. The molecule has 2 aromatic carbocycles. The number of nitrogens with zero attached hydrogens (tertiary/aromatic N) is 2. The Labute approximate surface area is 145 Å². The molecule has 0 aliphatic carbocycles. The first-order valence-corrected chi connectivity index (χ1v) is 7.69. The molecule has 2 N–H and O–H groups in total. The van der Waals surface area contributed by atoms with Crippen LogP contribution < -0.4 is 11.3 Å². The van der Waals surface area contributed by atoms with E-state index < -0.39 is 11.3 Å². The van der Waals surface area contributed by atoms with E-state index in [0.29, 0.717) is 22.5 Å². The van der Waals surface area contributed by atoms with Crippen LogP contribution in [-0.4, -0.2) is 10.3 Å². The number of azo groups is 1. The average Bonchev–Trinajstić information content (AvgIpc) is 3.24. The lowest BCUT2D eigenvalue weighted by Gasteiger charge is -1.97. The fourth-order valence-corrected chi connectivity index (χ4v) is 2.47. The number of rotatable bonds is 4. The minimum Gasteiger partial charge on any atom is -0.336 e. The topological polar surface area (TPSA) is 117 Å². The Hall–Kier alpha value is -3.94. The van der Waals surface area contributed by atoms with Crippen molar-refractivity contribution in [2.75, 3.05) is 0 Å². The lowest BCUT2D eigenvalue weighted by molar-refractivity contribution is 0.393. The Morgan fingerprint density at radius 3 is 1.38 bits per heavy atom. The average molecular weight is 348 g/mol. The Morgan fingerprint density at radius 1 is 0.615 bits per heavy atom. The molecule has 0 bridgehead atoms. The summed E-state index contributed by atoms with van der Waals surface area (Å²) in [7, 11) is 0. The van der Waals surface area contributed by atoms with Crippen LogP contribution in [0.1, 0.15) is 0 Å². The molecule has 8 nitrogen and oxygen atoms in total. The number of aromatic nitrogens is 2. The second-order valence-electron chi connectivity index (χ2n) is 5.36. The molecule has 2 aromatic heterocycles. The van der Waals surface area contributed by atoms with Gasteiger partial charge in [-0.3, -0.25) is 0 Å². The summed E-state index contributed by atoms with van der Waals surface area (Å²) in [6.45, 7) is 0. The molecule has 2 heterocycles.